The van der Waals surface area contributed by atoms with Crippen LogP contribution >= 0.6 is 23.2 Å². The van der Waals surface area contributed by atoms with E-state index < -0.39 is 0 Å². The Morgan fingerprint density at radius 1 is 1.17 bits per heavy atom. The molecule has 0 unspecified atom stereocenters. The molecule has 0 atom stereocenters. The Bertz CT molecular complexity index is 551. The fourth-order valence-corrected chi connectivity index (χ4v) is 2.04. The summed E-state index contributed by atoms with van der Waals surface area (Å²) in [5.41, 5.74) is 0.905. The summed E-state index contributed by atoms with van der Waals surface area (Å²) in [6.45, 7) is 5.66. The monoisotopic (exact) mass is 284 g/mol. The summed E-state index contributed by atoms with van der Waals surface area (Å²) < 4.78 is 2.00. The maximum absolute atomic E-state index is 6.02. The molecule has 0 amide bonds. The number of anilines is 1. The first-order valence-corrected chi connectivity index (χ1v) is 6.55. The second-order valence-electron chi connectivity index (χ2n) is 3.75. The van der Waals surface area contributed by atoms with E-state index in [1.165, 1.54) is 0 Å². The molecule has 4 nitrogen and oxygen atoms in total. The van der Waals surface area contributed by atoms with Crippen molar-refractivity contribution >= 4 is 29.2 Å². The summed E-state index contributed by atoms with van der Waals surface area (Å²) in [5, 5.41) is 12.6. The molecule has 96 valence electrons. The third kappa shape index (κ3) is 2.44. The van der Waals surface area contributed by atoms with E-state index in [0.29, 0.717) is 10.0 Å². The first-order chi connectivity index (χ1) is 8.67. The van der Waals surface area contributed by atoms with Crippen LogP contribution in [0.15, 0.2) is 18.2 Å². The van der Waals surface area contributed by atoms with Crippen molar-refractivity contribution in [3.63, 3.8) is 0 Å². The van der Waals surface area contributed by atoms with Crippen LogP contribution in [-0.2, 0) is 6.54 Å². The summed E-state index contributed by atoms with van der Waals surface area (Å²) in [6.07, 6.45) is 0. The van der Waals surface area contributed by atoms with Gasteiger partial charge in [-0.1, -0.05) is 23.2 Å². The van der Waals surface area contributed by atoms with Crippen LogP contribution < -0.4 is 5.32 Å². The summed E-state index contributed by atoms with van der Waals surface area (Å²) in [7, 11) is 0. The maximum atomic E-state index is 6.02. The lowest BCUT2D eigenvalue weighted by Gasteiger charge is -2.08. The molecule has 2 aromatic rings. The lowest BCUT2D eigenvalue weighted by Crippen LogP contribution is -2.06. The average molecular weight is 285 g/mol. The van der Waals surface area contributed by atoms with Gasteiger partial charge in [-0.05, 0) is 32.0 Å². The number of benzene rings is 1. The van der Waals surface area contributed by atoms with Crippen molar-refractivity contribution in [2.24, 2.45) is 0 Å². The molecule has 2 rings (SSSR count). The highest BCUT2D eigenvalue weighted by Crippen LogP contribution is 2.28. The summed E-state index contributed by atoms with van der Waals surface area (Å²) >= 11 is 11.9. The van der Waals surface area contributed by atoms with E-state index in [0.717, 1.165) is 30.4 Å². The highest BCUT2D eigenvalue weighted by atomic mass is 35.5. The van der Waals surface area contributed by atoms with Crippen molar-refractivity contribution < 1.29 is 0 Å². The quantitative estimate of drug-likeness (QED) is 0.931. The van der Waals surface area contributed by atoms with Crippen LogP contribution in [0.5, 0.6) is 0 Å². The minimum absolute atomic E-state index is 0.518. The Balaban J connectivity index is 2.46. The minimum atomic E-state index is 0.518. The minimum Gasteiger partial charge on any atom is -0.355 e. The van der Waals surface area contributed by atoms with Crippen LogP contribution in [0, 0.1) is 0 Å². The highest BCUT2D eigenvalue weighted by Gasteiger charge is 2.12. The van der Waals surface area contributed by atoms with Gasteiger partial charge in [0.2, 0.25) is 5.95 Å². The second-order valence-corrected chi connectivity index (χ2v) is 4.57. The van der Waals surface area contributed by atoms with Crippen molar-refractivity contribution in [2.45, 2.75) is 20.4 Å². The van der Waals surface area contributed by atoms with Crippen molar-refractivity contribution in [2.75, 3.05) is 11.9 Å². The molecule has 0 aliphatic carbocycles. The van der Waals surface area contributed by atoms with Gasteiger partial charge in [0, 0.05) is 18.7 Å². The number of aromatic nitrogens is 3. The highest BCUT2D eigenvalue weighted by molar-refractivity contribution is 6.42. The predicted octanol–water partition coefficient (Wildman–Crippen LogP) is 3.70. The molecular formula is C12H14Cl2N4. The smallest absolute Gasteiger partial charge is 0.224 e. The first-order valence-electron chi connectivity index (χ1n) is 5.79. The van der Waals surface area contributed by atoms with Gasteiger partial charge < -0.3 is 5.32 Å². The average Bonchev–Trinajstić information content (AvgIpc) is 2.76. The van der Waals surface area contributed by atoms with Crippen LogP contribution in [0.1, 0.15) is 13.8 Å². The molecule has 1 aromatic heterocycles. The van der Waals surface area contributed by atoms with Gasteiger partial charge in [0.25, 0.3) is 0 Å². The Morgan fingerprint density at radius 3 is 2.56 bits per heavy atom. The van der Waals surface area contributed by atoms with Crippen LogP contribution in [0.3, 0.4) is 0 Å². The van der Waals surface area contributed by atoms with E-state index in [1.54, 1.807) is 12.1 Å². The van der Waals surface area contributed by atoms with Gasteiger partial charge in [0.05, 0.1) is 10.0 Å². The molecule has 0 spiro atoms. The second kappa shape index (κ2) is 5.59. The molecule has 1 heterocycles. The van der Waals surface area contributed by atoms with Crippen LogP contribution in [0.2, 0.25) is 10.0 Å². The van der Waals surface area contributed by atoms with Crippen molar-refractivity contribution in [1.82, 2.24) is 14.8 Å². The van der Waals surface area contributed by atoms with E-state index in [2.05, 4.69) is 15.5 Å². The van der Waals surface area contributed by atoms with Gasteiger partial charge in [-0.25, -0.2) is 0 Å². The number of nitrogens with one attached hydrogen (secondary N) is 1. The predicted molar refractivity (Wildman–Crippen MR) is 75.3 cm³/mol. The first kappa shape index (κ1) is 13.2. The number of halogens is 2. The van der Waals surface area contributed by atoms with Crippen molar-refractivity contribution in [1.29, 1.82) is 0 Å². The van der Waals surface area contributed by atoms with Crippen LogP contribution in [0.4, 0.5) is 5.95 Å². The van der Waals surface area contributed by atoms with E-state index in [1.807, 2.05) is 24.5 Å². The van der Waals surface area contributed by atoms with E-state index in [4.69, 9.17) is 23.2 Å². The van der Waals surface area contributed by atoms with Crippen LogP contribution in [-0.4, -0.2) is 21.3 Å². The van der Waals surface area contributed by atoms with E-state index in [-0.39, 0.29) is 0 Å². The van der Waals surface area contributed by atoms with Gasteiger partial charge >= 0.3 is 0 Å². The Hall–Kier alpha value is -1.26. The van der Waals surface area contributed by atoms with Gasteiger partial charge in [-0.3, -0.25) is 4.57 Å². The number of hydrogen-bond donors (Lipinski definition) is 1. The fourth-order valence-electron chi connectivity index (χ4n) is 1.74. The van der Waals surface area contributed by atoms with Gasteiger partial charge in [0.15, 0.2) is 5.82 Å². The Morgan fingerprint density at radius 2 is 1.94 bits per heavy atom. The van der Waals surface area contributed by atoms with Crippen LogP contribution in [0.25, 0.3) is 11.4 Å². The summed E-state index contributed by atoms with van der Waals surface area (Å²) in [5.74, 6) is 1.55. The standard InChI is InChI=1S/C12H14Cl2N4/c1-3-15-12-17-16-11(18(12)4-2)8-5-6-9(13)10(14)7-8/h5-7H,3-4H2,1-2H3,(H,15,17). The molecule has 0 saturated carbocycles. The SMILES string of the molecule is CCNc1nnc(-c2ccc(Cl)c(Cl)c2)n1CC. The third-order valence-electron chi connectivity index (χ3n) is 2.58. The number of nitrogens with zero attached hydrogens (tertiary/aromatic N) is 3. The molecule has 1 aromatic carbocycles. The molecule has 0 aliphatic rings. The van der Waals surface area contributed by atoms with Gasteiger partial charge in [0.1, 0.15) is 0 Å². The Kier molecular flexibility index (Phi) is 4.09. The van der Waals surface area contributed by atoms with E-state index >= 15 is 0 Å². The summed E-state index contributed by atoms with van der Waals surface area (Å²) in [4.78, 5) is 0. The molecule has 0 fully saturated rings. The van der Waals surface area contributed by atoms with E-state index in [9.17, 15) is 0 Å². The fraction of sp³-hybridized carbons (Fsp3) is 0.333. The number of hydrogen-bond acceptors (Lipinski definition) is 3. The zero-order valence-corrected chi connectivity index (χ0v) is 11.8. The van der Waals surface area contributed by atoms with Crippen molar-refractivity contribution in [3.05, 3.63) is 28.2 Å². The molecule has 0 saturated heterocycles. The Labute approximate surface area is 116 Å². The lowest BCUT2D eigenvalue weighted by atomic mass is 10.2. The molecule has 18 heavy (non-hydrogen) atoms. The molecule has 6 heteroatoms. The molecule has 0 aliphatic heterocycles. The maximum Gasteiger partial charge on any atom is 0.224 e. The molecule has 0 bridgehead atoms. The topological polar surface area (TPSA) is 42.7 Å². The molecular weight excluding hydrogens is 271 g/mol. The number of rotatable bonds is 4. The third-order valence-corrected chi connectivity index (χ3v) is 3.32. The largest absolute Gasteiger partial charge is 0.355 e. The van der Waals surface area contributed by atoms with Gasteiger partial charge in [-0.2, -0.15) is 0 Å². The normalized spacial score (nSPS) is 10.7. The summed E-state index contributed by atoms with van der Waals surface area (Å²) in [6, 6.07) is 5.46. The molecule has 1 N–H and O–H groups in total. The van der Waals surface area contributed by atoms with Gasteiger partial charge in [-0.15, -0.1) is 10.2 Å². The molecule has 0 radical (unpaired) electrons. The zero-order valence-electron chi connectivity index (χ0n) is 10.2. The van der Waals surface area contributed by atoms with Crippen molar-refractivity contribution in [3.8, 4) is 11.4 Å². The lowest BCUT2D eigenvalue weighted by molar-refractivity contribution is 0.770. The zero-order chi connectivity index (χ0) is 13.1.